The maximum absolute atomic E-state index is 11.5. The molecule has 0 aliphatic heterocycles. The van der Waals surface area contributed by atoms with Gasteiger partial charge in [-0.15, -0.1) is 0 Å². The van der Waals surface area contributed by atoms with Crippen LogP contribution in [0.25, 0.3) is 0 Å². The molecule has 7 nitrogen and oxygen atoms in total. The zero-order chi connectivity index (χ0) is 15.0. The van der Waals surface area contributed by atoms with E-state index in [9.17, 15) is 9.59 Å². The van der Waals surface area contributed by atoms with Crippen molar-refractivity contribution in [2.24, 2.45) is 5.73 Å². The Morgan fingerprint density at radius 1 is 1.15 bits per heavy atom. The van der Waals surface area contributed by atoms with Crippen molar-refractivity contribution < 1.29 is 19.1 Å². The third kappa shape index (κ3) is 4.43. The Kier molecular flexibility index (Phi) is 6.31. The zero-order valence-electron chi connectivity index (χ0n) is 11.6. The molecular weight excluding hydrogens is 262 g/mol. The molecule has 0 radical (unpaired) electrons. The molecule has 20 heavy (non-hydrogen) atoms. The molecule has 0 aromatic heterocycles. The summed E-state index contributed by atoms with van der Waals surface area (Å²) in [4.78, 5) is 22.9. The van der Waals surface area contributed by atoms with Gasteiger partial charge in [0, 0.05) is 31.3 Å². The largest absolute Gasteiger partial charge is 0.497 e. The van der Waals surface area contributed by atoms with Crippen LogP contribution >= 0.6 is 0 Å². The van der Waals surface area contributed by atoms with Gasteiger partial charge in [-0.25, -0.2) is 0 Å². The Hall–Kier alpha value is -2.28. The number of amides is 2. The lowest BCUT2D eigenvalue weighted by Gasteiger charge is -2.11. The molecular formula is C13H19N3O4. The van der Waals surface area contributed by atoms with Crippen LogP contribution in [0.15, 0.2) is 18.2 Å². The molecule has 0 aliphatic rings. The Morgan fingerprint density at radius 3 is 2.45 bits per heavy atom. The van der Waals surface area contributed by atoms with Gasteiger partial charge in [0.05, 0.1) is 14.2 Å². The van der Waals surface area contributed by atoms with Crippen LogP contribution in [0.4, 0.5) is 0 Å². The van der Waals surface area contributed by atoms with Crippen molar-refractivity contribution in [1.29, 1.82) is 0 Å². The van der Waals surface area contributed by atoms with Crippen LogP contribution in [-0.4, -0.2) is 39.1 Å². The van der Waals surface area contributed by atoms with Crippen molar-refractivity contribution in [1.82, 2.24) is 10.6 Å². The fourth-order valence-corrected chi connectivity index (χ4v) is 1.52. The van der Waals surface area contributed by atoms with E-state index in [1.54, 1.807) is 25.3 Å². The van der Waals surface area contributed by atoms with Gasteiger partial charge in [-0.1, -0.05) is 0 Å². The van der Waals surface area contributed by atoms with E-state index in [2.05, 4.69) is 10.6 Å². The van der Waals surface area contributed by atoms with E-state index < -0.39 is 11.8 Å². The number of nitrogens with two attached hydrogens (primary N) is 1. The van der Waals surface area contributed by atoms with Crippen LogP contribution in [0, 0.1) is 0 Å². The summed E-state index contributed by atoms with van der Waals surface area (Å²) in [5.41, 5.74) is 5.98. The van der Waals surface area contributed by atoms with Crippen molar-refractivity contribution in [3.63, 3.8) is 0 Å². The fourth-order valence-electron chi connectivity index (χ4n) is 1.52. The predicted octanol–water partition coefficient (Wildman–Crippen LogP) is -0.605. The maximum Gasteiger partial charge on any atom is 0.309 e. The maximum atomic E-state index is 11.5. The van der Waals surface area contributed by atoms with Gasteiger partial charge in [-0.3, -0.25) is 9.59 Å². The molecule has 0 unspecified atom stereocenters. The average Bonchev–Trinajstić information content (AvgIpc) is 2.49. The lowest BCUT2D eigenvalue weighted by molar-refractivity contribution is -0.139. The lowest BCUT2D eigenvalue weighted by Crippen LogP contribution is -2.41. The topological polar surface area (TPSA) is 103 Å². The Balaban J connectivity index is 2.61. The fraction of sp³-hybridized carbons (Fsp3) is 0.385. The molecule has 1 rings (SSSR count). The summed E-state index contributed by atoms with van der Waals surface area (Å²) < 4.78 is 10.3. The average molecular weight is 281 g/mol. The van der Waals surface area contributed by atoms with Gasteiger partial charge < -0.3 is 25.8 Å². The number of hydrogen-bond acceptors (Lipinski definition) is 5. The van der Waals surface area contributed by atoms with Crippen LogP contribution in [0.3, 0.4) is 0 Å². The number of benzene rings is 1. The van der Waals surface area contributed by atoms with E-state index in [1.165, 1.54) is 7.11 Å². The molecule has 0 bridgehead atoms. The van der Waals surface area contributed by atoms with Gasteiger partial charge in [0.1, 0.15) is 11.5 Å². The first-order valence-corrected chi connectivity index (χ1v) is 6.09. The zero-order valence-corrected chi connectivity index (χ0v) is 11.6. The van der Waals surface area contributed by atoms with Crippen LogP contribution in [0.5, 0.6) is 11.5 Å². The summed E-state index contributed by atoms with van der Waals surface area (Å²) in [7, 11) is 3.08. The second-order valence-corrected chi connectivity index (χ2v) is 3.91. The molecule has 0 saturated heterocycles. The summed E-state index contributed by atoms with van der Waals surface area (Å²) in [5.74, 6) is -0.191. The molecule has 0 fully saturated rings. The van der Waals surface area contributed by atoms with Crippen LogP contribution < -0.4 is 25.8 Å². The van der Waals surface area contributed by atoms with Gasteiger partial charge in [0.15, 0.2) is 0 Å². The SMILES string of the molecule is COc1ccc(CNC(=O)C(=O)NCCN)c(OC)c1. The van der Waals surface area contributed by atoms with Gasteiger partial charge >= 0.3 is 11.8 Å². The highest BCUT2D eigenvalue weighted by atomic mass is 16.5. The van der Waals surface area contributed by atoms with Crippen molar-refractivity contribution in [2.45, 2.75) is 6.54 Å². The summed E-state index contributed by atoms with van der Waals surface area (Å²) in [6.45, 7) is 0.728. The molecule has 0 aliphatic carbocycles. The van der Waals surface area contributed by atoms with E-state index >= 15 is 0 Å². The first kappa shape index (κ1) is 15.8. The normalized spacial score (nSPS) is 9.75. The number of nitrogens with one attached hydrogen (secondary N) is 2. The number of ether oxygens (including phenoxy) is 2. The van der Waals surface area contributed by atoms with E-state index in [4.69, 9.17) is 15.2 Å². The van der Waals surface area contributed by atoms with E-state index in [-0.39, 0.29) is 19.6 Å². The molecule has 1 aromatic carbocycles. The Morgan fingerprint density at radius 2 is 1.85 bits per heavy atom. The monoisotopic (exact) mass is 281 g/mol. The minimum absolute atomic E-state index is 0.183. The highest BCUT2D eigenvalue weighted by Crippen LogP contribution is 2.24. The number of rotatable bonds is 6. The molecule has 1 aromatic rings. The third-order valence-corrected chi connectivity index (χ3v) is 2.57. The number of carbonyl (C=O) groups is 2. The van der Waals surface area contributed by atoms with Gasteiger partial charge in [-0.2, -0.15) is 0 Å². The molecule has 0 atom stereocenters. The summed E-state index contributed by atoms with van der Waals surface area (Å²) in [5, 5.41) is 4.90. The van der Waals surface area contributed by atoms with E-state index in [0.717, 1.165) is 5.56 Å². The summed E-state index contributed by atoms with van der Waals surface area (Å²) in [6.07, 6.45) is 0. The second kappa shape index (κ2) is 8.00. The van der Waals surface area contributed by atoms with Crippen molar-refractivity contribution in [3.8, 4) is 11.5 Å². The highest BCUT2D eigenvalue weighted by Gasteiger charge is 2.13. The molecule has 4 N–H and O–H groups in total. The summed E-state index contributed by atoms with van der Waals surface area (Å²) in [6, 6.07) is 5.21. The number of methoxy groups -OCH3 is 2. The Labute approximate surface area is 117 Å². The molecule has 110 valence electrons. The molecule has 0 heterocycles. The third-order valence-electron chi connectivity index (χ3n) is 2.57. The minimum atomic E-state index is -0.712. The first-order chi connectivity index (χ1) is 9.62. The minimum Gasteiger partial charge on any atom is -0.497 e. The summed E-state index contributed by atoms with van der Waals surface area (Å²) >= 11 is 0. The molecule has 0 spiro atoms. The Bertz CT molecular complexity index is 477. The van der Waals surface area contributed by atoms with Gasteiger partial charge in [0.2, 0.25) is 0 Å². The second-order valence-electron chi connectivity index (χ2n) is 3.91. The highest BCUT2D eigenvalue weighted by molar-refractivity contribution is 6.35. The van der Waals surface area contributed by atoms with Crippen molar-refractivity contribution >= 4 is 11.8 Å². The molecule has 0 saturated carbocycles. The quantitative estimate of drug-likeness (QED) is 0.604. The van der Waals surface area contributed by atoms with Crippen molar-refractivity contribution in [2.75, 3.05) is 27.3 Å². The van der Waals surface area contributed by atoms with E-state index in [1.807, 2.05) is 0 Å². The smallest absolute Gasteiger partial charge is 0.309 e. The predicted molar refractivity (Wildman–Crippen MR) is 73.5 cm³/mol. The van der Waals surface area contributed by atoms with Crippen LogP contribution in [-0.2, 0) is 16.1 Å². The van der Waals surface area contributed by atoms with Gasteiger partial charge in [-0.05, 0) is 12.1 Å². The molecule has 2 amide bonds. The number of carbonyl (C=O) groups excluding carboxylic acids is 2. The van der Waals surface area contributed by atoms with Crippen LogP contribution in [0.1, 0.15) is 5.56 Å². The van der Waals surface area contributed by atoms with Crippen LogP contribution in [0.2, 0.25) is 0 Å². The standard InChI is InChI=1S/C13H19N3O4/c1-19-10-4-3-9(11(7-10)20-2)8-16-13(18)12(17)15-6-5-14/h3-4,7H,5-6,8,14H2,1-2H3,(H,15,17)(H,16,18). The first-order valence-electron chi connectivity index (χ1n) is 6.09. The number of hydrogen-bond donors (Lipinski definition) is 3. The van der Waals surface area contributed by atoms with Gasteiger partial charge in [0.25, 0.3) is 0 Å². The molecule has 7 heteroatoms. The van der Waals surface area contributed by atoms with Crippen molar-refractivity contribution in [3.05, 3.63) is 23.8 Å². The lowest BCUT2D eigenvalue weighted by atomic mass is 10.2. The van der Waals surface area contributed by atoms with E-state index in [0.29, 0.717) is 11.5 Å².